The molecule has 10 heteroatoms. The van der Waals surface area contributed by atoms with Crippen molar-refractivity contribution in [2.24, 2.45) is 0 Å². The summed E-state index contributed by atoms with van der Waals surface area (Å²) < 4.78 is 14.3. The molecule has 0 fully saturated rings. The standard InChI is InChI=1S/C58H62Cl4N2O4/c1-5-9-13-17-25-63(26-18-14-10-6-2)35-21-23-37-47(29-35)67-57-51-49(37)39-31-43(59)45(61)33-41(39)56(66)54(51)58-52-50(40-32-44(60)46(62)34-42(40)55(65)53(52)57)38-24-22-36(30-48(38)68-58)64(27-19-15-11-7-3)28-20-16-12-8-4/h21-24,29-34H,5-20,25-28H2,1-4H3. The Morgan fingerprint density at radius 1 is 0.368 bits per heavy atom. The zero-order valence-corrected chi connectivity index (χ0v) is 43.0. The third kappa shape index (κ3) is 9.09. The predicted molar refractivity (Wildman–Crippen MR) is 296 cm³/mol. The average molecular weight is 993 g/mol. The van der Waals surface area contributed by atoms with E-state index < -0.39 is 0 Å². The predicted octanol–water partition coefficient (Wildman–Crippen LogP) is 18.8. The average Bonchev–Trinajstić information content (AvgIpc) is 3.33. The number of anilines is 2. The molecule has 0 atom stereocenters. The maximum absolute atomic E-state index is 15.4. The first kappa shape index (κ1) is 48.6. The summed E-state index contributed by atoms with van der Waals surface area (Å²) in [6, 6.07) is 19.6. The fraction of sp³-hybridized carbons (Fsp3) is 0.414. The molecule has 0 aliphatic carbocycles. The molecule has 0 saturated heterocycles. The molecule has 0 N–H and O–H groups in total. The Balaban J connectivity index is 1.40. The minimum absolute atomic E-state index is 0.274. The number of hydrogen-bond donors (Lipinski definition) is 0. The van der Waals surface area contributed by atoms with Crippen molar-refractivity contribution >= 4 is 145 Å². The van der Waals surface area contributed by atoms with Gasteiger partial charge in [0, 0.05) is 92.8 Å². The van der Waals surface area contributed by atoms with Gasteiger partial charge >= 0.3 is 0 Å². The lowest BCUT2D eigenvalue weighted by Gasteiger charge is -2.26. The van der Waals surface area contributed by atoms with Crippen LogP contribution < -0.4 is 20.7 Å². The number of unbranched alkanes of at least 4 members (excludes halogenated alkanes) is 12. The molecule has 68 heavy (non-hydrogen) atoms. The fourth-order valence-electron chi connectivity index (χ4n) is 10.7. The van der Waals surface area contributed by atoms with E-state index in [-0.39, 0.29) is 20.9 Å². The molecule has 7 aromatic carbocycles. The maximum atomic E-state index is 15.4. The van der Waals surface area contributed by atoms with Crippen molar-refractivity contribution in [2.75, 3.05) is 36.0 Å². The van der Waals surface area contributed by atoms with Crippen LogP contribution in [0.4, 0.5) is 11.4 Å². The van der Waals surface area contributed by atoms with E-state index in [2.05, 4.69) is 73.9 Å². The fourth-order valence-corrected chi connectivity index (χ4v) is 11.3. The Hall–Kier alpha value is -4.46. The van der Waals surface area contributed by atoms with E-state index in [1.807, 2.05) is 0 Å². The van der Waals surface area contributed by atoms with Crippen LogP contribution in [0, 0.1) is 0 Å². The molecule has 9 aromatic rings. The zero-order valence-electron chi connectivity index (χ0n) is 40.0. The molecular formula is C58H62Cl4N2O4. The van der Waals surface area contributed by atoms with Gasteiger partial charge in [-0.25, -0.2) is 0 Å². The van der Waals surface area contributed by atoms with Crippen LogP contribution in [-0.2, 0) is 0 Å². The highest BCUT2D eigenvalue weighted by Crippen LogP contribution is 2.48. The van der Waals surface area contributed by atoms with Gasteiger partial charge in [-0.3, -0.25) is 9.59 Å². The lowest BCUT2D eigenvalue weighted by Crippen LogP contribution is -2.25. The monoisotopic (exact) mass is 990 g/mol. The first-order chi connectivity index (χ1) is 33.1. The number of nitrogens with zero attached hydrogens (tertiary/aromatic N) is 2. The second-order valence-electron chi connectivity index (χ2n) is 19.0. The minimum atomic E-state index is -0.287. The van der Waals surface area contributed by atoms with Crippen molar-refractivity contribution in [1.82, 2.24) is 0 Å². The summed E-state index contributed by atoms with van der Waals surface area (Å²) in [7, 11) is 0. The van der Waals surface area contributed by atoms with E-state index in [9.17, 15) is 0 Å². The van der Waals surface area contributed by atoms with Gasteiger partial charge in [0.1, 0.15) is 22.3 Å². The van der Waals surface area contributed by atoms with Crippen LogP contribution in [0.3, 0.4) is 0 Å². The Bertz CT molecular complexity index is 3180. The Labute approximate surface area is 418 Å². The Kier molecular flexibility index (Phi) is 15.2. The molecule has 0 bridgehead atoms. The summed E-state index contributed by atoms with van der Waals surface area (Å²) in [6.07, 6.45) is 18.5. The van der Waals surface area contributed by atoms with Crippen LogP contribution in [-0.4, -0.2) is 26.2 Å². The summed E-state index contributed by atoms with van der Waals surface area (Å²) in [4.78, 5) is 35.8. The molecule has 0 aliphatic heterocycles. The van der Waals surface area contributed by atoms with E-state index in [4.69, 9.17) is 55.2 Å². The highest BCUT2D eigenvalue weighted by molar-refractivity contribution is 6.46. The SMILES string of the molecule is CCCCCCN(CCCCCC)c1ccc2c(c1)oc1c3c(=O)c4cc(Cl)c(Cl)cc4c4c5ccc(N(CCCCCC)CCCCCC)cc5oc(c5c(=O)c6cc(Cl)c(Cl)cc6c2c15)c34. The lowest BCUT2D eigenvalue weighted by atomic mass is 9.88. The van der Waals surface area contributed by atoms with Crippen molar-refractivity contribution in [3.63, 3.8) is 0 Å². The molecular weight excluding hydrogens is 930 g/mol. The Morgan fingerprint density at radius 2 is 0.691 bits per heavy atom. The van der Waals surface area contributed by atoms with E-state index in [1.54, 1.807) is 24.3 Å². The summed E-state index contributed by atoms with van der Waals surface area (Å²) >= 11 is 27.2. The van der Waals surface area contributed by atoms with Crippen molar-refractivity contribution in [3.05, 3.63) is 101 Å². The number of fused-ring (bicyclic) bond motifs is 10. The van der Waals surface area contributed by atoms with Gasteiger partial charge in [0.15, 0.2) is 10.9 Å². The number of benzene rings is 7. The second-order valence-corrected chi connectivity index (χ2v) is 20.6. The van der Waals surface area contributed by atoms with E-state index in [0.717, 1.165) is 84.8 Å². The topological polar surface area (TPSA) is 66.9 Å². The molecule has 0 aliphatic rings. The van der Waals surface area contributed by atoms with Crippen molar-refractivity contribution in [1.29, 1.82) is 0 Å². The molecule has 2 aromatic heterocycles. The number of hydrogen-bond acceptors (Lipinski definition) is 6. The molecule has 0 spiro atoms. The quantitative estimate of drug-likeness (QED) is 0.0383. The van der Waals surface area contributed by atoms with Crippen LogP contribution in [0.25, 0.3) is 87.0 Å². The summed E-state index contributed by atoms with van der Waals surface area (Å²) in [5, 5.41) is 8.00. The summed E-state index contributed by atoms with van der Waals surface area (Å²) in [6.45, 7) is 12.7. The first-order valence-corrected chi connectivity index (χ1v) is 26.8. The summed E-state index contributed by atoms with van der Waals surface area (Å²) in [5.41, 5.74) is 3.35. The molecule has 9 rings (SSSR count). The van der Waals surface area contributed by atoms with Crippen molar-refractivity contribution in [3.8, 4) is 0 Å². The van der Waals surface area contributed by atoms with Crippen LogP contribution in [0.1, 0.15) is 130 Å². The number of halogens is 4. The molecule has 0 saturated carbocycles. The van der Waals surface area contributed by atoms with Gasteiger partial charge in [0.05, 0.1) is 30.9 Å². The minimum Gasteiger partial charge on any atom is -0.455 e. The van der Waals surface area contributed by atoms with Crippen molar-refractivity contribution < 1.29 is 8.83 Å². The van der Waals surface area contributed by atoms with E-state index in [1.165, 1.54) is 77.0 Å². The molecule has 6 nitrogen and oxygen atoms in total. The van der Waals surface area contributed by atoms with Crippen LogP contribution in [0.5, 0.6) is 0 Å². The maximum Gasteiger partial charge on any atom is 0.198 e. The third-order valence-corrected chi connectivity index (χ3v) is 15.7. The second kappa shape index (κ2) is 21.3. The van der Waals surface area contributed by atoms with Gasteiger partial charge < -0.3 is 18.6 Å². The van der Waals surface area contributed by atoms with Crippen LogP contribution in [0.2, 0.25) is 20.1 Å². The first-order valence-electron chi connectivity index (χ1n) is 25.3. The number of rotatable bonds is 22. The van der Waals surface area contributed by atoms with Gasteiger partial charge in [-0.2, -0.15) is 0 Å². The Morgan fingerprint density at radius 3 is 1.01 bits per heavy atom. The smallest absolute Gasteiger partial charge is 0.198 e. The van der Waals surface area contributed by atoms with Crippen LogP contribution >= 0.6 is 46.4 Å². The molecule has 2 heterocycles. The van der Waals surface area contributed by atoms with E-state index in [0.29, 0.717) is 75.5 Å². The van der Waals surface area contributed by atoms with Gasteiger partial charge in [0.2, 0.25) is 0 Å². The van der Waals surface area contributed by atoms with Crippen molar-refractivity contribution in [2.45, 2.75) is 130 Å². The normalized spacial score (nSPS) is 12.2. The van der Waals surface area contributed by atoms with Gasteiger partial charge in [-0.05, 0) is 85.0 Å². The van der Waals surface area contributed by atoms with Gasteiger partial charge in [-0.1, -0.05) is 151 Å². The van der Waals surface area contributed by atoms with Gasteiger partial charge in [0.25, 0.3) is 0 Å². The molecule has 0 radical (unpaired) electrons. The zero-order chi connectivity index (χ0) is 47.6. The molecule has 0 amide bonds. The van der Waals surface area contributed by atoms with Gasteiger partial charge in [-0.15, -0.1) is 0 Å². The highest BCUT2D eigenvalue weighted by Gasteiger charge is 2.29. The molecule has 0 unspecified atom stereocenters. The highest BCUT2D eigenvalue weighted by atomic mass is 35.5. The molecule has 356 valence electrons. The third-order valence-electron chi connectivity index (χ3n) is 14.3. The summed E-state index contributed by atoms with van der Waals surface area (Å²) in [5.74, 6) is 0. The lowest BCUT2D eigenvalue weighted by molar-refractivity contribution is 0.608. The van der Waals surface area contributed by atoms with Crippen LogP contribution in [0.15, 0.2) is 79.1 Å². The largest absolute Gasteiger partial charge is 0.455 e. The van der Waals surface area contributed by atoms with E-state index >= 15 is 9.59 Å².